The van der Waals surface area contributed by atoms with E-state index in [4.69, 9.17) is 47.6 Å². The van der Waals surface area contributed by atoms with Crippen LogP contribution in [0.1, 0.15) is 13.3 Å². The molecular weight excluding hydrogens is 294 g/mol. The first-order valence-corrected chi connectivity index (χ1v) is 7.20. The summed E-state index contributed by atoms with van der Waals surface area (Å²) >= 11 is 0. The summed E-state index contributed by atoms with van der Waals surface area (Å²) < 4.78 is 22.0. The molecule has 0 aliphatic carbocycles. The molecule has 2 saturated heterocycles. The van der Waals surface area contributed by atoms with Crippen molar-refractivity contribution in [2.45, 2.75) is 68.2 Å². The number of aliphatic hydroxyl groups is 1. The average Bonchev–Trinajstić information content (AvgIpc) is 2.45. The van der Waals surface area contributed by atoms with E-state index in [1.165, 1.54) is 7.11 Å². The van der Waals surface area contributed by atoms with E-state index in [2.05, 4.69) is 0 Å². The van der Waals surface area contributed by atoms with E-state index in [0.717, 1.165) is 0 Å². The Morgan fingerprint density at radius 2 is 1.82 bits per heavy atom. The molecule has 0 bridgehead atoms. The smallest absolute Gasteiger partial charge is 0.177 e. The molecule has 2 fully saturated rings. The van der Waals surface area contributed by atoms with Gasteiger partial charge in [0.15, 0.2) is 12.6 Å². The second-order valence-corrected chi connectivity index (χ2v) is 5.93. The molecule has 2 aliphatic heterocycles. The van der Waals surface area contributed by atoms with Crippen molar-refractivity contribution in [3.8, 4) is 0 Å². The van der Waals surface area contributed by atoms with Crippen LogP contribution in [0.3, 0.4) is 0 Å². The molecule has 130 valence electrons. The van der Waals surface area contributed by atoms with Crippen molar-refractivity contribution in [1.29, 1.82) is 0 Å². The Labute approximate surface area is 129 Å². The molecule has 0 radical (unpaired) electrons. The fourth-order valence-corrected chi connectivity index (χ4v) is 2.77. The molecule has 11 N–H and O–H groups in total. The summed E-state index contributed by atoms with van der Waals surface area (Å²) in [6.07, 6.45) is -3.90. The Balaban J connectivity index is 2.09. The van der Waals surface area contributed by atoms with Gasteiger partial charge in [0.1, 0.15) is 18.0 Å². The summed E-state index contributed by atoms with van der Waals surface area (Å²) in [7, 11) is 1.52. The second-order valence-electron chi connectivity index (χ2n) is 5.93. The van der Waals surface area contributed by atoms with Crippen molar-refractivity contribution in [3.63, 3.8) is 0 Å². The highest BCUT2D eigenvalue weighted by Gasteiger charge is 2.50. The Kier molecular flexibility index (Phi) is 5.39. The van der Waals surface area contributed by atoms with Crippen LogP contribution in [0, 0.1) is 0 Å². The van der Waals surface area contributed by atoms with Crippen LogP contribution in [0.5, 0.6) is 0 Å². The van der Waals surface area contributed by atoms with Gasteiger partial charge in [-0.25, -0.2) is 0 Å². The second kappa shape index (κ2) is 6.61. The molecule has 0 aromatic rings. The number of rotatable bonds is 3. The monoisotopic (exact) mass is 321 g/mol. The van der Waals surface area contributed by atoms with E-state index in [1.54, 1.807) is 6.92 Å². The maximum absolute atomic E-state index is 9.62. The Morgan fingerprint density at radius 1 is 1.18 bits per heavy atom. The molecule has 0 aromatic carbocycles. The summed E-state index contributed by atoms with van der Waals surface area (Å²) in [6.45, 7) is 1.75. The lowest BCUT2D eigenvalue weighted by Gasteiger charge is -2.49. The fourth-order valence-electron chi connectivity index (χ4n) is 2.77. The molecule has 8 atom stereocenters. The van der Waals surface area contributed by atoms with Gasteiger partial charge in [0, 0.05) is 13.5 Å². The van der Waals surface area contributed by atoms with E-state index in [0.29, 0.717) is 0 Å². The molecular formula is C12H27N5O5. The van der Waals surface area contributed by atoms with Crippen LogP contribution in [0.25, 0.3) is 0 Å². The maximum Gasteiger partial charge on any atom is 0.177 e. The molecule has 2 rings (SSSR count). The van der Waals surface area contributed by atoms with Crippen LogP contribution >= 0.6 is 0 Å². The van der Waals surface area contributed by atoms with Crippen LogP contribution < -0.4 is 28.7 Å². The third kappa shape index (κ3) is 3.26. The molecule has 1 unspecified atom stereocenters. The number of hydrogen-bond donors (Lipinski definition) is 6. The topological polar surface area (TPSA) is 187 Å². The van der Waals surface area contributed by atoms with Gasteiger partial charge in [0.05, 0.1) is 24.3 Å². The van der Waals surface area contributed by atoms with Gasteiger partial charge in [0.25, 0.3) is 0 Å². The highest BCUT2D eigenvalue weighted by atomic mass is 16.7. The van der Waals surface area contributed by atoms with Gasteiger partial charge in [-0.1, -0.05) is 0 Å². The number of nitrogens with two attached hydrogens (primary N) is 5. The van der Waals surface area contributed by atoms with Gasteiger partial charge in [0.2, 0.25) is 0 Å². The molecule has 2 heterocycles. The maximum atomic E-state index is 9.62. The first kappa shape index (κ1) is 17.9. The lowest BCUT2D eigenvalue weighted by molar-refractivity contribution is -0.303. The SMILES string of the molecule is CO[C@H]1C[C@H](O)O[C@@H](C)[C@H]1OC1O[C@@H](N)C(N)(N)[C@H](N)[C@H]1N. The van der Waals surface area contributed by atoms with Gasteiger partial charge in [-0.2, -0.15) is 0 Å². The summed E-state index contributed by atoms with van der Waals surface area (Å²) in [5.74, 6) is 0. The van der Waals surface area contributed by atoms with Crippen molar-refractivity contribution in [2.24, 2.45) is 28.7 Å². The summed E-state index contributed by atoms with van der Waals surface area (Å²) in [5, 5.41) is 9.62. The van der Waals surface area contributed by atoms with Crippen molar-refractivity contribution in [2.75, 3.05) is 7.11 Å². The third-order valence-electron chi connectivity index (χ3n) is 4.31. The molecule has 10 heteroatoms. The van der Waals surface area contributed by atoms with Crippen molar-refractivity contribution < 1.29 is 24.1 Å². The third-order valence-corrected chi connectivity index (χ3v) is 4.31. The normalized spacial score (nSPS) is 49.1. The van der Waals surface area contributed by atoms with Crippen molar-refractivity contribution in [1.82, 2.24) is 0 Å². The average molecular weight is 321 g/mol. The number of hydrogen-bond acceptors (Lipinski definition) is 10. The van der Waals surface area contributed by atoms with Gasteiger partial charge < -0.3 is 52.7 Å². The van der Waals surface area contributed by atoms with Crippen molar-refractivity contribution >= 4 is 0 Å². The van der Waals surface area contributed by atoms with E-state index in [1.807, 2.05) is 0 Å². The highest BCUT2D eigenvalue weighted by molar-refractivity contribution is 5.04. The zero-order valence-electron chi connectivity index (χ0n) is 12.8. The molecule has 10 nitrogen and oxygen atoms in total. The minimum Gasteiger partial charge on any atom is -0.378 e. The fraction of sp³-hybridized carbons (Fsp3) is 1.00. The first-order chi connectivity index (χ1) is 10.2. The summed E-state index contributed by atoms with van der Waals surface area (Å²) in [6, 6.07) is -1.58. The lowest BCUT2D eigenvalue weighted by Crippen LogP contribution is -2.81. The standard InChI is InChI=1S/C12H27N5O5/c1-4-8(5(19-2)3-6(18)20-4)21-10-7(13)9(14)12(16,17)11(15)22-10/h4-11,18H,3,13-17H2,1-2H3/t4-,5-,6+,7+,8+,9+,10?,11+/m0/s1. The predicted octanol–water partition coefficient (Wildman–Crippen LogP) is -3.58. The van der Waals surface area contributed by atoms with Crippen LogP contribution in [0.15, 0.2) is 0 Å². The Bertz CT molecular complexity index is 387. The van der Waals surface area contributed by atoms with E-state index < -0.39 is 48.8 Å². The largest absolute Gasteiger partial charge is 0.378 e. The van der Waals surface area contributed by atoms with Crippen LogP contribution in [0.4, 0.5) is 0 Å². The number of ether oxygens (including phenoxy) is 4. The highest BCUT2D eigenvalue weighted by Crippen LogP contribution is 2.28. The minimum atomic E-state index is -1.45. The van der Waals surface area contributed by atoms with E-state index in [9.17, 15) is 5.11 Å². The predicted molar refractivity (Wildman–Crippen MR) is 76.7 cm³/mol. The summed E-state index contributed by atoms with van der Waals surface area (Å²) in [5.41, 5.74) is 28.0. The van der Waals surface area contributed by atoms with Gasteiger partial charge in [-0.15, -0.1) is 0 Å². The first-order valence-electron chi connectivity index (χ1n) is 7.20. The Morgan fingerprint density at radius 3 is 2.41 bits per heavy atom. The lowest BCUT2D eigenvalue weighted by atomic mass is 9.91. The number of methoxy groups -OCH3 is 1. The van der Waals surface area contributed by atoms with Gasteiger partial charge in [-0.05, 0) is 6.92 Å². The molecule has 0 amide bonds. The van der Waals surface area contributed by atoms with Crippen LogP contribution in [-0.4, -0.2) is 67.1 Å². The molecule has 0 saturated carbocycles. The van der Waals surface area contributed by atoms with Crippen molar-refractivity contribution in [3.05, 3.63) is 0 Å². The van der Waals surface area contributed by atoms with E-state index >= 15 is 0 Å². The Hall–Kier alpha value is -0.400. The quantitative estimate of drug-likeness (QED) is 0.284. The van der Waals surface area contributed by atoms with E-state index in [-0.39, 0.29) is 12.5 Å². The zero-order chi connectivity index (χ0) is 16.7. The molecule has 2 aliphatic rings. The summed E-state index contributed by atoms with van der Waals surface area (Å²) in [4.78, 5) is 0. The van der Waals surface area contributed by atoms with Crippen LogP contribution in [0.2, 0.25) is 0 Å². The van der Waals surface area contributed by atoms with Crippen LogP contribution in [-0.2, 0) is 18.9 Å². The molecule has 0 spiro atoms. The number of aliphatic hydroxyl groups excluding tert-OH is 1. The zero-order valence-corrected chi connectivity index (χ0v) is 12.8. The van der Waals surface area contributed by atoms with Gasteiger partial charge >= 0.3 is 0 Å². The van der Waals surface area contributed by atoms with Gasteiger partial charge in [-0.3, -0.25) is 0 Å². The minimum absolute atomic E-state index is 0.267. The molecule has 0 aromatic heterocycles. The molecule has 22 heavy (non-hydrogen) atoms.